The molecule has 2 aliphatic rings. The fourth-order valence-electron chi connectivity index (χ4n) is 1.46. The van der Waals surface area contributed by atoms with E-state index in [1.807, 2.05) is 0 Å². The summed E-state index contributed by atoms with van der Waals surface area (Å²) in [6.07, 6.45) is -4.35. The second kappa shape index (κ2) is 2.40. The van der Waals surface area contributed by atoms with E-state index in [9.17, 15) is 10.2 Å². The third kappa shape index (κ3) is 0.969. The Labute approximate surface area is 63.2 Å². The quantitative estimate of drug-likeness (QED) is 0.377. The topological polar surface area (TPSA) is 79.2 Å². The first-order chi connectivity index (χ1) is 5.20. The zero-order chi connectivity index (χ0) is 8.01. The summed E-state index contributed by atoms with van der Waals surface area (Å²) < 4.78 is 9.82. The lowest BCUT2D eigenvalue weighted by atomic mass is 10.0. The van der Waals surface area contributed by atoms with Gasteiger partial charge in [0.1, 0.15) is 24.4 Å². The first kappa shape index (κ1) is 7.45. The minimum atomic E-state index is -1.23. The number of rotatable bonds is 0. The molecule has 2 heterocycles. The summed E-state index contributed by atoms with van der Waals surface area (Å²) in [4.78, 5) is 0. The normalized spacial score (nSPS) is 56.5. The Bertz CT molecular complexity index is 161. The number of aliphatic hydroxyl groups is 3. The van der Waals surface area contributed by atoms with E-state index in [4.69, 9.17) is 14.6 Å². The number of hydrogen-bond donors (Lipinski definition) is 3. The van der Waals surface area contributed by atoms with Crippen LogP contribution >= 0.6 is 0 Å². The molecule has 0 radical (unpaired) electrons. The predicted molar refractivity (Wildman–Crippen MR) is 32.6 cm³/mol. The molecule has 3 N–H and O–H groups in total. The van der Waals surface area contributed by atoms with Gasteiger partial charge in [-0.25, -0.2) is 0 Å². The number of fused-ring (bicyclic) bond motifs is 2. The van der Waals surface area contributed by atoms with E-state index in [1.165, 1.54) is 0 Å². The van der Waals surface area contributed by atoms with Gasteiger partial charge in [-0.2, -0.15) is 0 Å². The second-order valence-electron chi connectivity index (χ2n) is 2.84. The van der Waals surface area contributed by atoms with E-state index in [2.05, 4.69) is 0 Å². The smallest absolute Gasteiger partial charge is 0.184 e. The Balaban J connectivity index is 2.16. The van der Waals surface area contributed by atoms with Crippen molar-refractivity contribution < 1.29 is 24.8 Å². The van der Waals surface area contributed by atoms with Crippen molar-refractivity contribution in [1.82, 2.24) is 0 Å². The summed E-state index contributed by atoms with van der Waals surface area (Å²) in [5, 5.41) is 27.5. The highest BCUT2D eigenvalue weighted by Crippen LogP contribution is 2.28. The van der Waals surface area contributed by atoms with Crippen LogP contribution in [-0.4, -0.2) is 52.6 Å². The molecule has 0 spiro atoms. The van der Waals surface area contributed by atoms with Gasteiger partial charge >= 0.3 is 0 Å². The zero-order valence-corrected chi connectivity index (χ0v) is 5.75. The van der Waals surface area contributed by atoms with Crippen LogP contribution in [0.25, 0.3) is 0 Å². The second-order valence-corrected chi connectivity index (χ2v) is 2.84. The van der Waals surface area contributed by atoms with Crippen molar-refractivity contribution >= 4 is 0 Å². The lowest BCUT2D eigenvalue weighted by Gasteiger charge is -2.31. The molecule has 2 fully saturated rings. The molecular formula is C6H10O5. The zero-order valence-electron chi connectivity index (χ0n) is 5.75. The van der Waals surface area contributed by atoms with Gasteiger partial charge in [0.15, 0.2) is 6.29 Å². The SMILES string of the molecule is O[C@@H]1[C@@H]2OC[C@H](O[C@H]1O)[C@H]2O. The van der Waals surface area contributed by atoms with E-state index in [1.54, 1.807) is 0 Å². The van der Waals surface area contributed by atoms with Crippen molar-refractivity contribution in [2.45, 2.75) is 30.7 Å². The minimum absolute atomic E-state index is 0.236. The van der Waals surface area contributed by atoms with Gasteiger partial charge in [0.25, 0.3) is 0 Å². The van der Waals surface area contributed by atoms with E-state index < -0.39 is 30.7 Å². The van der Waals surface area contributed by atoms with Crippen molar-refractivity contribution in [3.05, 3.63) is 0 Å². The van der Waals surface area contributed by atoms with E-state index in [0.29, 0.717) is 0 Å². The summed E-state index contributed by atoms with van der Waals surface area (Å²) in [6, 6.07) is 0. The monoisotopic (exact) mass is 162 g/mol. The summed E-state index contributed by atoms with van der Waals surface area (Å²) >= 11 is 0. The molecule has 11 heavy (non-hydrogen) atoms. The van der Waals surface area contributed by atoms with Gasteiger partial charge in [0.05, 0.1) is 6.61 Å². The summed E-state index contributed by atoms with van der Waals surface area (Å²) in [5.41, 5.74) is 0. The molecule has 0 unspecified atom stereocenters. The molecule has 0 aromatic rings. The Morgan fingerprint density at radius 2 is 1.82 bits per heavy atom. The Morgan fingerprint density at radius 1 is 1.09 bits per heavy atom. The van der Waals surface area contributed by atoms with Crippen molar-refractivity contribution in [2.75, 3.05) is 6.61 Å². The molecule has 2 aliphatic heterocycles. The summed E-state index contributed by atoms with van der Waals surface area (Å²) in [7, 11) is 0. The average Bonchev–Trinajstić information content (AvgIpc) is 2.23. The summed E-state index contributed by atoms with van der Waals surface area (Å²) in [6.45, 7) is 0.236. The molecule has 0 amide bonds. The van der Waals surface area contributed by atoms with Crippen LogP contribution in [0.15, 0.2) is 0 Å². The maximum atomic E-state index is 9.28. The molecule has 5 nitrogen and oxygen atoms in total. The standard InChI is InChI=1S/C6H10O5/c7-3-2-1-10-5(3)4(8)6(9)11-2/h2-9H,1H2/t2-,3+,4+,5+,6+/m0/s1. The van der Waals surface area contributed by atoms with Gasteiger partial charge in [0.2, 0.25) is 0 Å². The van der Waals surface area contributed by atoms with Crippen LogP contribution in [-0.2, 0) is 9.47 Å². The Hall–Kier alpha value is -0.200. The first-order valence-corrected chi connectivity index (χ1v) is 3.51. The van der Waals surface area contributed by atoms with Crippen LogP contribution in [0.1, 0.15) is 0 Å². The van der Waals surface area contributed by atoms with Crippen molar-refractivity contribution in [1.29, 1.82) is 0 Å². The molecule has 2 rings (SSSR count). The highest BCUT2D eigenvalue weighted by Gasteiger charge is 2.49. The highest BCUT2D eigenvalue weighted by molar-refractivity contribution is 4.94. The van der Waals surface area contributed by atoms with Crippen LogP contribution in [0, 0.1) is 0 Å². The Kier molecular flexibility index (Phi) is 1.62. The van der Waals surface area contributed by atoms with Crippen molar-refractivity contribution in [2.24, 2.45) is 0 Å². The van der Waals surface area contributed by atoms with E-state index in [-0.39, 0.29) is 6.61 Å². The van der Waals surface area contributed by atoms with Gasteiger partial charge < -0.3 is 24.8 Å². The molecular weight excluding hydrogens is 152 g/mol. The molecule has 64 valence electrons. The van der Waals surface area contributed by atoms with E-state index in [0.717, 1.165) is 0 Å². The minimum Gasteiger partial charge on any atom is -0.387 e. The van der Waals surface area contributed by atoms with Gasteiger partial charge in [-0.3, -0.25) is 0 Å². The maximum absolute atomic E-state index is 9.28. The summed E-state index contributed by atoms with van der Waals surface area (Å²) in [5.74, 6) is 0. The van der Waals surface area contributed by atoms with Crippen LogP contribution in [0.4, 0.5) is 0 Å². The number of ether oxygens (including phenoxy) is 2. The first-order valence-electron chi connectivity index (χ1n) is 3.51. The van der Waals surface area contributed by atoms with Crippen LogP contribution in [0.3, 0.4) is 0 Å². The third-order valence-electron chi connectivity index (χ3n) is 2.11. The molecule has 5 atom stereocenters. The largest absolute Gasteiger partial charge is 0.387 e. The van der Waals surface area contributed by atoms with Crippen molar-refractivity contribution in [3.63, 3.8) is 0 Å². The van der Waals surface area contributed by atoms with Crippen LogP contribution < -0.4 is 0 Å². The maximum Gasteiger partial charge on any atom is 0.184 e. The molecule has 0 aromatic carbocycles. The van der Waals surface area contributed by atoms with Gasteiger partial charge in [0, 0.05) is 0 Å². The lowest BCUT2D eigenvalue weighted by Crippen LogP contribution is -2.52. The van der Waals surface area contributed by atoms with E-state index >= 15 is 0 Å². The third-order valence-corrected chi connectivity index (χ3v) is 2.11. The van der Waals surface area contributed by atoms with Gasteiger partial charge in [-0.15, -0.1) is 0 Å². The number of aliphatic hydroxyl groups excluding tert-OH is 3. The van der Waals surface area contributed by atoms with Crippen LogP contribution in [0.5, 0.6) is 0 Å². The van der Waals surface area contributed by atoms with Crippen molar-refractivity contribution in [3.8, 4) is 0 Å². The molecule has 2 bridgehead atoms. The van der Waals surface area contributed by atoms with Gasteiger partial charge in [-0.05, 0) is 0 Å². The fourth-order valence-corrected chi connectivity index (χ4v) is 1.46. The molecule has 0 saturated carbocycles. The predicted octanol–water partition coefficient (Wildman–Crippen LogP) is -2.18. The fraction of sp³-hybridized carbons (Fsp3) is 1.00. The number of hydrogen-bond acceptors (Lipinski definition) is 5. The van der Waals surface area contributed by atoms with Crippen LogP contribution in [0.2, 0.25) is 0 Å². The highest BCUT2D eigenvalue weighted by atomic mass is 16.7. The molecule has 0 aliphatic carbocycles. The van der Waals surface area contributed by atoms with Gasteiger partial charge in [-0.1, -0.05) is 0 Å². The average molecular weight is 162 g/mol. The molecule has 5 heteroatoms. The molecule has 0 aromatic heterocycles. The Morgan fingerprint density at radius 3 is 2.55 bits per heavy atom. The lowest BCUT2D eigenvalue weighted by molar-refractivity contribution is -0.242. The molecule has 2 saturated heterocycles.